The molecule has 1 aromatic carbocycles. The molecule has 3 heteroatoms. The Morgan fingerprint density at radius 1 is 1.20 bits per heavy atom. The van der Waals surface area contributed by atoms with E-state index in [2.05, 4.69) is 29.2 Å². The van der Waals surface area contributed by atoms with Crippen LogP contribution in [0.25, 0.3) is 0 Å². The second-order valence-corrected chi connectivity index (χ2v) is 6.27. The van der Waals surface area contributed by atoms with Crippen molar-refractivity contribution in [3.63, 3.8) is 0 Å². The van der Waals surface area contributed by atoms with Gasteiger partial charge in [0, 0.05) is 24.7 Å². The van der Waals surface area contributed by atoms with Gasteiger partial charge in [0.05, 0.1) is 0 Å². The van der Waals surface area contributed by atoms with Crippen LogP contribution in [-0.4, -0.2) is 23.7 Å². The lowest BCUT2D eigenvalue weighted by Crippen LogP contribution is -2.40. The molecule has 2 bridgehead atoms. The number of anilines is 1. The Hall–Kier alpha value is -1.51. The minimum absolute atomic E-state index is 0.268. The van der Waals surface area contributed by atoms with Gasteiger partial charge in [0.1, 0.15) is 0 Å². The molecule has 3 unspecified atom stereocenters. The van der Waals surface area contributed by atoms with E-state index in [4.69, 9.17) is 5.11 Å². The molecule has 2 fully saturated rings. The fraction of sp³-hybridized carbons (Fsp3) is 0.588. The van der Waals surface area contributed by atoms with Gasteiger partial charge in [-0.1, -0.05) is 24.6 Å². The van der Waals surface area contributed by atoms with Crippen molar-refractivity contribution in [2.75, 3.05) is 11.4 Å². The molecule has 2 saturated carbocycles. The molecule has 3 atom stereocenters. The summed E-state index contributed by atoms with van der Waals surface area (Å²) < 4.78 is 0. The van der Waals surface area contributed by atoms with Gasteiger partial charge in [-0.25, -0.2) is 0 Å². The molecule has 20 heavy (non-hydrogen) atoms. The number of carboxylic acids is 1. The second-order valence-electron chi connectivity index (χ2n) is 6.27. The van der Waals surface area contributed by atoms with Crippen LogP contribution in [0.4, 0.5) is 5.69 Å². The lowest BCUT2D eigenvalue weighted by Gasteiger charge is -2.36. The molecule has 2 aliphatic carbocycles. The SMILES string of the molecule is O=C(O)CCCN(c1ccccc1)C1CC2CCC1C2. The summed E-state index contributed by atoms with van der Waals surface area (Å²) in [6.07, 6.45) is 6.44. The molecule has 1 aromatic rings. The summed E-state index contributed by atoms with van der Waals surface area (Å²) in [6, 6.07) is 11.1. The van der Waals surface area contributed by atoms with Crippen LogP contribution in [0.2, 0.25) is 0 Å². The highest BCUT2D eigenvalue weighted by Crippen LogP contribution is 2.47. The first kappa shape index (κ1) is 13.5. The number of benzene rings is 1. The van der Waals surface area contributed by atoms with Crippen molar-refractivity contribution in [3.8, 4) is 0 Å². The summed E-state index contributed by atoms with van der Waals surface area (Å²) in [4.78, 5) is 13.2. The second kappa shape index (κ2) is 5.86. The maximum Gasteiger partial charge on any atom is 0.303 e. The molecule has 0 aromatic heterocycles. The highest BCUT2D eigenvalue weighted by Gasteiger charge is 2.42. The van der Waals surface area contributed by atoms with E-state index in [0.717, 1.165) is 24.8 Å². The number of fused-ring (bicyclic) bond motifs is 2. The van der Waals surface area contributed by atoms with E-state index in [1.165, 1.54) is 31.4 Å². The molecule has 0 radical (unpaired) electrons. The van der Waals surface area contributed by atoms with Gasteiger partial charge in [-0.3, -0.25) is 4.79 Å². The van der Waals surface area contributed by atoms with E-state index in [0.29, 0.717) is 6.04 Å². The minimum atomic E-state index is -0.689. The number of para-hydroxylation sites is 1. The largest absolute Gasteiger partial charge is 0.481 e. The zero-order chi connectivity index (χ0) is 13.9. The van der Waals surface area contributed by atoms with E-state index in [1.807, 2.05) is 6.07 Å². The zero-order valence-corrected chi connectivity index (χ0v) is 11.9. The molecule has 2 aliphatic rings. The molecular formula is C17H23NO2. The summed E-state index contributed by atoms with van der Waals surface area (Å²) in [5.74, 6) is 1.05. The first-order valence-electron chi connectivity index (χ1n) is 7.77. The van der Waals surface area contributed by atoms with Crippen molar-refractivity contribution >= 4 is 11.7 Å². The minimum Gasteiger partial charge on any atom is -0.481 e. The molecule has 0 saturated heterocycles. The van der Waals surface area contributed by atoms with Gasteiger partial charge in [0.2, 0.25) is 0 Å². The predicted molar refractivity (Wildman–Crippen MR) is 79.9 cm³/mol. The van der Waals surface area contributed by atoms with Crippen molar-refractivity contribution in [2.45, 2.75) is 44.6 Å². The van der Waals surface area contributed by atoms with Gasteiger partial charge in [-0.05, 0) is 49.7 Å². The molecule has 0 spiro atoms. The van der Waals surface area contributed by atoms with Crippen LogP contribution in [0.5, 0.6) is 0 Å². The van der Waals surface area contributed by atoms with Crippen LogP contribution in [0, 0.1) is 11.8 Å². The molecule has 0 amide bonds. The molecular weight excluding hydrogens is 250 g/mol. The molecule has 3 nitrogen and oxygen atoms in total. The smallest absolute Gasteiger partial charge is 0.303 e. The van der Waals surface area contributed by atoms with Gasteiger partial charge in [0.25, 0.3) is 0 Å². The van der Waals surface area contributed by atoms with Gasteiger partial charge >= 0.3 is 5.97 Å². The normalized spacial score (nSPS) is 27.7. The fourth-order valence-electron chi connectivity index (χ4n) is 4.10. The maximum atomic E-state index is 10.7. The van der Waals surface area contributed by atoms with Crippen LogP contribution < -0.4 is 4.90 Å². The summed E-state index contributed by atoms with van der Waals surface area (Å²) in [5.41, 5.74) is 1.26. The Morgan fingerprint density at radius 2 is 2.00 bits per heavy atom. The first-order valence-corrected chi connectivity index (χ1v) is 7.77. The van der Waals surface area contributed by atoms with E-state index in [1.54, 1.807) is 0 Å². The van der Waals surface area contributed by atoms with E-state index in [9.17, 15) is 4.79 Å². The third-order valence-electron chi connectivity index (χ3n) is 4.98. The van der Waals surface area contributed by atoms with E-state index < -0.39 is 5.97 Å². The highest BCUT2D eigenvalue weighted by molar-refractivity contribution is 5.66. The molecule has 1 N–H and O–H groups in total. The van der Waals surface area contributed by atoms with Crippen LogP contribution in [0.3, 0.4) is 0 Å². The Balaban J connectivity index is 1.72. The quantitative estimate of drug-likeness (QED) is 0.861. The average Bonchev–Trinajstić information content (AvgIpc) is 3.07. The summed E-state index contributed by atoms with van der Waals surface area (Å²) in [6.45, 7) is 0.865. The molecule has 0 heterocycles. The van der Waals surface area contributed by atoms with Crippen LogP contribution >= 0.6 is 0 Å². The Labute approximate surface area is 120 Å². The van der Waals surface area contributed by atoms with Gasteiger partial charge < -0.3 is 10.0 Å². The topological polar surface area (TPSA) is 40.5 Å². The molecule has 3 rings (SSSR count). The molecule has 0 aliphatic heterocycles. The number of hydrogen-bond acceptors (Lipinski definition) is 2. The summed E-state index contributed by atoms with van der Waals surface area (Å²) >= 11 is 0. The number of rotatable bonds is 6. The van der Waals surface area contributed by atoms with Crippen molar-refractivity contribution in [1.29, 1.82) is 0 Å². The van der Waals surface area contributed by atoms with Crippen molar-refractivity contribution in [1.82, 2.24) is 0 Å². The Morgan fingerprint density at radius 3 is 2.60 bits per heavy atom. The van der Waals surface area contributed by atoms with Crippen LogP contribution in [0.1, 0.15) is 38.5 Å². The van der Waals surface area contributed by atoms with Gasteiger partial charge in [0.15, 0.2) is 0 Å². The summed E-state index contributed by atoms with van der Waals surface area (Å²) in [5, 5.41) is 8.85. The third-order valence-corrected chi connectivity index (χ3v) is 4.98. The van der Waals surface area contributed by atoms with Crippen LogP contribution in [0.15, 0.2) is 30.3 Å². The van der Waals surface area contributed by atoms with Gasteiger partial charge in [-0.2, -0.15) is 0 Å². The highest BCUT2D eigenvalue weighted by atomic mass is 16.4. The van der Waals surface area contributed by atoms with Crippen molar-refractivity contribution < 1.29 is 9.90 Å². The number of aliphatic carboxylic acids is 1. The molecule has 108 valence electrons. The standard InChI is InChI=1S/C17H23NO2/c19-17(20)7-4-10-18(15-5-2-1-3-6-15)16-12-13-8-9-14(16)11-13/h1-3,5-6,13-14,16H,4,7-12H2,(H,19,20). The number of carbonyl (C=O) groups is 1. The number of nitrogens with zero attached hydrogens (tertiary/aromatic N) is 1. The van der Waals surface area contributed by atoms with E-state index in [-0.39, 0.29) is 6.42 Å². The Bertz CT molecular complexity index is 459. The maximum absolute atomic E-state index is 10.7. The predicted octanol–water partition coefficient (Wildman–Crippen LogP) is 3.55. The average molecular weight is 273 g/mol. The Kier molecular flexibility index (Phi) is 3.95. The lowest BCUT2D eigenvalue weighted by atomic mass is 9.93. The number of hydrogen-bond donors (Lipinski definition) is 1. The lowest BCUT2D eigenvalue weighted by molar-refractivity contribution is -0.137. The third kappa shape index (κ3) is 2.82. The zero-order valence-electron chi connectivity index (χ0n) is 11.9. The monoisotopic (exact) mass is 273 g/mol. The summed E-state index contributed by atoms with van der Waals surface area (Å²) in [7, 11) is 0. The van der Waals surface area contributed by atoms with Crippen LogP contribution in [-0.2, 0) is 4.79 Å². The number of carboxylic acid groups (broad SMARTS) is 1. The van der Waals surface area contributed by atoms with Gasteiger partial charge in [-0.15, -0.1) is 0 Å². The van der Waals surface area contributed by atoms with Crippen molar-refractivity contribution in [3.05, 3.63) is 30.3 Å². The fourth-order valence-corrected chi connectivity index (χ4v) is 4.10. The van der Waals surface area contributed by atoms with E-state index >= 15 is 0 Å². The first-order chi connectivity index (χ1) is 9.74. The van der Waals surface area contributed by atoms with Crippen molar-refractivity contribution in [2.24, 2.45) is 11.8 Å².